The lowest BCUT2D eigenvalue weighted by Crippen LogP contribution is -2.30. The van der Waals surface area contributed by atoms with Crippen LogP contribution in [0.5, 0.6) is 0 Å². The van der Waals surface area contributed by atoms with E-state index in [9.17, 15) is 8.42 Å². The molecular formula is C15H16N6O2S2. The van der Waals surface area contributed by atoms with Crippen molar-refractivity contribution in [1.82, 2.24) is 18.7 Å². The molecule has 3 aromatic rings. The molecule has 0 unspecified atom stereocenters. The van der Waals surface area contributed by atoms with Gasteiger partial charge in [-0.1, -0.05) is 6.07 Å². The molecule has 1 aliphatic rings. The van der Waals surface area contributed by atoms with Crippen LogP contribution in [-0.2, 0) is 10.0 Å². The Morgan fingerprint density at radius 3 is 2.56 bits per heavy atom. The maximum Gasteiger partial charge on any atom is 0.264 e. The minimum Gasteiger partial charge on any atom is -0.341 e. The highest BCUT2D eigenvalue weighted by molar-refractivity contribution is 7.93. The summed E-state index contributed by atoms with van der Waals surface area (Å²) in [6, 6.07) is 4.89. The molecule has 1 saturated heterocycles. The van der Waals surface area contributed by atoms with Crippen LogP contribution < -0.4 is 9.62 Å². The number of anilines is 2. The molecule has 3 heterocycles. The normalized spacial score (nSPS) is 15.4. The highest BCUT2D eigenvalue weighted by Crippen LogP contribution is 2.23. The number of rotatable bonds is 4. The Hall–Kier alpha value is -2.33. The summed E-state index contributed by atoms with van der Waals surface area (Å²) in [5.74, 6) is 0.633. The first-order chi connectivity index (χ1) is 12.1. The van der Waals surface area contributed by atoms with Gasteiger partial charge in [0.05, 0.1) is 29.8 Å². The summed E-state index contributed by atoms with van der Waals surface area (Å²) in [6.45, 7) is 1.87. The molecule has 0 bridgehead atoms. The molecule has 2 aromatic heterocycles. The summed E-state index contributed by atoms with van der Waals surface area (Å²) in [6.07, 6.45) is 6.47. The van der Waals surface area contributed by atoms with E-state index in [0.717, 1.165) is 37.7 Å². The van der Waals surface area contributed by atoms with Crippen molar-refractivity contribution in [3.05, 3.63) is 30.6 Å². The van der Waals surface area contributed by atoms with Gasteiger partial charge in [-0.15, -0.1) is 0 Å². The molecule has 0 saturated carbocycles. The number of benzene rings is 1. The number of sulfonamides is 1. The van der Waals surface area contributed by atoms with Crippen molar-refractivity contribution >= 4 is 44.4 Å². The molecule has 1 aromatic carbocycles. The second kappa shape index (κ2) is 6.52. The summed E-state index contributed by atoms with van der Waals surface area (Å²) in [7, 11) is -3.79. The first-order valence-electron chi connectivity index (χ1n) is 7.94. The monoisotopic (exact) mass is 376 g/mol. The lowest BCUT2D eigenvalue weighted by Gasteiger charge is -2.26. The molecule has 130 valence electrons. The zero-order valence-corrected chi connectivity index (χ0v) is 14.9. The van der Waals surface area contributed by atoms with E-state index in [4.69, 9.17) is 0 Å². The van der Waals surface area contributed by atoms with Gasteiger partial charge in [-0.25, -0.2) is 18.4 Å². The average Bonchev–Trinajstić information content (AvgIpc) is 3.11. The number of hydrogen-bond acceptors (Lipinski definition) is 8. The van der Waals surface area contributed by atoms with Crippen molar-refractivity contribution in [2.75, 3.05) is 22.7 Å². The molecule has 10 heteroatoms. The number of hydrogen-bond donors (Lipinski definition) is 1. The SMILES string of the molecule is O=S(=O)(Nc1cnc(N2CCCCC2)nc1)c1cccc2nsnc12. The molecule has 0 spiro atoms. The van der Waals surface area contributed by atoms with Gasteiger partial charge in [0.1, 0.15) is 15.9 Å². The van der Waals surface area contributed by atoms with E-state index < -0.39 is 10.0 Å². The molecule has 0 aliphatic carbocycles. The maximum atomic E-state index is 12.7. The third-order valence-electron chi connectivity index (χ3n) is 4.07. The van der Waals surface area contributed by atoms with Crippen molar-refractivity contribution in [1.29, 1.82) is 0 Å². The molecule has 0 amide bonds. The van der Waals surface area contributed by atoms with Gasteiger partial charge in [-0.2, -0.15) is 8.75 Å². The van der Waals surface area contributed by atoms with Crippen molar-refractivity contribution < 1.29 is 8.42 Å². The quantitative estimate of drug-likeness (QED) is 0.745. The summed E-state index contributed by atoms with van der Waals surface area (Å²) < 4.78 is 36.0. The fraction of sp³-hybridized carbons (Fsp3) is 0.333. The number of nitrogens with one attached hydrogen (secondary N) is 1. The molecule has 1 N–H and O–H groups in total. The maximum absolute atomic E-state index is 12.7. The highest BCUT2D eigenvalue weighted by Gasteiger charge is 2.20. The first kappa shape index (κ1) is 16.2. The summed E-state index contributed by atoms with van der Waals surface area (Å²) in [5, 5.41) is 0. The van der Waals surface area contributed by atoms with Crippen molar-refractivity contribution in [3.8, 4) is 0 Å². The van der Waals surface area contributed by atoms with Gasteiger partial charge < -0.3 is 4.90 Å². The second-order valence-corrected chi connectivity index (χ2v) is 7.99. The van der Waals surface area contributed by atoms with E-state index in [1.165, 1.54) is 24.9 Å². The molecular weight excluding hydrogens is 360 g/mol. The fourth-order valence-electron chi connectivity index (χ4n) is 2.84. The predicted molar refractivity (Wildman–Crippen MR) is 96.3 cm³/mol. The van der Waals surface area contributed by atoms with Crippen LogP contribution in [0.15, 0.2) is 35.5 Å². The number of piperidine rings is 1. The third-order valence-corrected chi connectivity index (χ3v) is 6.02. The standard InChI is InChI=1S/C15H16N6O2S2/c22-25(23,13-6-4-5-12-14(13)19-24-18-12)20-11-9-16-15(17-10-11)21-7-2-1-3-8-21/h4-6,9-10,20H,1-3,7-8H2. The Labute approximate surface area is 149 Å². The number of fused-ring (bicyclic) bond motifs is 1. The molecule has 25 heavy (non-hydrogen) atoms. The Bertz CT molecular complexity index is 981. The minimum absolute atomic E-state index is 0.0962. The van der Waals surface area contributed by atoms with E-state index in [1.807, 2.05) is 0 Å². The van der Waals surface area contributed by atoms with Gasteiger partial charge >= 0.3 is 0 Å². The smallest absolute Gasteiger partial charge is 0.264 e. The van der Waals surface area contributed by atoms with Gasteiger partial charge in [0.25, 0.3) is 10.0 Å². The van der Waals surface area contributed by atoms with Crippen molar-refractivity contribution in [3.63, 3.8) is 0 Å². The highest BCUT2D eigenvalue weighted by atomic mass is 32.2. The van der Waals surface area contributed by atoms with Crippen LogP contribution in [0.4, 0.5) is 11.6 Å². The van der Waals surface area contributed by atoms with Crippen LogP contribution in [-0.4, -0.2) is 40.2 Å². The van der Waals surface area contributed by atoms with Crippen molar-refractivity contribution in [2.24, 2.45) is 0 Å². The average molecular weight is 376 g/mol. The number of aromatic nitrogens is 4. The van der Waals surface area contributed by atoms with Gasteiger partial charge in [0.2, 0.25) is 5.95 Å². The van der Waals surface area contributed by atoms with Gasteiger partial charge in [-0.05, 0) is 31.4 Å². The third kappa shape index (κ3) is 3.27. The fourth-order valence-corrected chi connectivity index (χ4v) is 4.64. The first-order valence-corrected chi connectivity index (χ1v) is 10.2. The second-order valence-electron chi connectivity index (χ2n) is 5.81. The Morgan fingerprint density at radius 1 is 1.04 bits per heavy atom. The van der Waals surface area contributed by atoms with E-state index in [-0.39, 0.29) is 4.90 Å². The van der Waals surface area contributed by atoms with E-state index in [0.29, 0.717) is 22.7 Å². The molecule has 4 rings (SSSR count). The van der Waals surface area contributed by atoms with E-state index >= 15 is 0 Å². The van der Waals surface area contributed by atoms with Crippen LogP contribution in [0.2, 0.25) is 0 Å². The number of nitrogens with zero attached hydrogens (tertiary/aromatic N) is 5. The largest absolute Gasteiger partial charge is 0.341 e. The molecule has 1 fully saturated rings. The summed E-state index contributed by atoms with van der Waals surface area (Å²) in [4.78, 5) is 10.8. The zero-order valence-electron chi connectivity index (χ0n) is 13.3. The molecule has 0 radical (unpaired) electrons. The predicted octanol–water partition coefficient (Wildman–Crippen LogP) is 2.27. The van der Waals surface area contributed by atoms with E-state index in [2.05, 4.69) is 28.3 Å². The molecule has 0 atom stereocenters. The van der Waals surface area contributed by atoms with Gasteiger partial charge in [-0.3, -0.25) is 4.72 Å². The van der Waals surface area contributed by atoms with Crippen LogP contribution in [0, 0.1) is 0 Å². The molecule has 1 aliphatic heterocycles. The lowest BCUT2D eigenvalue weighted by molar-refractivity contribution is 0.568. The van der Waals surface area contributed by atoms with E-state index in [1.54, 1.807) is 12.1 Å². The molecule has 8 nitrogen and oxygen atoms in total. The van der Waals surface area contributed by atoms with Gasteiger partial charge in [0.15, 0.2) is 0 Å². The Morgan fingerprint density at radius 2 is 1.80 bits per heavy atom. The lowest BCUT2D eigenvalue weighted by atomic mass is 10.1. The summed E-state index contributed by atoms with van der Waals surface area (Å²) >= 11 is 0.985. The minimum atomic E-state index is -3.79. The van der Waals surface area contributed by atoms with Gasteiger partial charge in [0, 0.05) is 13.1 Å². The van der Waals surface area contributed by atoms with Crippen LogP contribution in [0.3, 0.4) is 0 Å². The van der Waals surface area contributed by atoms with Crippen LogP contribution >= 0.6 is 11.7 Å². The van der Waals surface area contributed by atoms with Crippen molar-refractivity contribution in [2.45, 2.75) is 24.2 Å². The summed E-state index contributed by atoms with van der Waals surface area (Å²) in [5.41, 5.74) is 1.25. The van der Waals surface area contributed by atoms with Crippen LogP contribution in [0.1, 0.15) is 19.3 Å². The Balaban J connectivity index is 1.57. The topological polar surface area (TPSA) is 101 Å². The zero-order chi connectivity index (χ0) is 17.3. The Kier molecular flexibility index (Phi) is 4.22. The van der Waals surface area contributed by atoms with Crippen LogP contribution in [0.25, 0.3) is 11.0 Å².